The minimum Gasteiger partial charge on any atom is -0.348 e. The van der Waals surface area contributed by atoms with Crippen LogP contribution in [0.5, 0.6) is 0 Å². The molecule has 2 aromatic rings. The fourth-order valence-corrected chi connectivity index (χ4v) is 1.89. The number of aromatic nitrogens is 3. The van der Waals surface area contributed by atoms with Gasteiger partial charge in [0.1, 0.15) is 0 Å². The number of anilines is 1. The molecule has 0 fully saturated rings. The van der Waals surface area contributed by atoms with Crippen molar-refractivity contribution in [3.63, 3.8) is 0 Å². The van der Waals surface area contributed by atoms with Gasteiger partial charge in [-0.25, -0.2) is 4.52 Å². The van der Waals surface area contributed by atoms with Crippen molar-refractivity contribution in [3.05, 3.63) is 23.9 Å². The predicted octanol–water partition coefficient (Wildman–Crippen LogP) is 1.82. The lowest BCUT2D eigenvalue weighted by Gasteiger charge is -2.29. The summed E-state index contributed by atoms with van der Waals surface area (Å²) in [4.78, 5) is 4.50. The van der Waals surface area contributed by atoms with Crippen LogP contribution >= 0.6 is 0 Å². The molecule has 1 unspecified atom stereocenters. The Morgan fingerprint density at radius 3 is 2.72 bits per heavy atom. The van der Waals surface area contributed by atoms with Crippen molar-refractivity contribution in [1.82, 2.24) is 14.6 Å². The Hall–Kier alpha value is -1.62. The maximum Gasteiger partial charge on any atom is 0.243 e. The summed E-state index contributed by atoms with van der Waals surface area (Å²) in [6, 6.07) is 4.14. The monoisotopic (exact) mass is 247 g/mol. The molecule has 0 saturated heterocycles. The summed E-state index contributed by atoms with van der Waals surface area (Å²) >= 11 is 0. The first-order valence-electron chi connectivity index (χ1n) is 6.20. The zero-order valence-corrected chi connectivity index (χ0v) is 11.4. The first kappa shape index (κ1) is 12.8. The zero-order chi connectivity index (χ0) is 13.3. The molecule has 0 aliphatic heterocycles. The van der Waals surface area contributed by atoms with Gasteiger partial charge in [0.15, 0.2) is 5.65 Å². The lowest BCUT2D eigenvalue weighted by atomic mass is 9.87. The van der Waals surface area contributed by atoms with Gasteiger partial charge in [-0.3, -0.25) is 0 Å². The van der Waals surface area contributed by atoms with Crippen LogP contribution in [0.25, 0.3) is 5.65 Å². The number of nitrogens with zero attached hydrogens (tertiary/aromatic N) is 3. The van der Waals surface area contributed by atoms with Crippen LogP contribution in [0.2, 0.25) is 0 Å². The molecular weight excluding hydrogens is 226 g/mol. The molecule has 2 heterocycles. The average Bonchev–Trinajstić information content (AvgIpc) is 2.68. The molecule has 5 heteroatoms. The minimum atomic E-state index is 0.0707. The largest absolute Gasteiger partial charge is 0.348 e. The summed E-state index contributed by atoms with van der Waals surface area (Å²) in [6.45, 7) is 9.03. The van der Waals surface area contributed by atoms with Crippen LogP contribution < -0.4 is 11.1 Å². The molecule has 2 rings (SSSR count). The van der Waals surface area contributed by atoms with Crippen LogP contribution in [0.1, 0.15) is 26.3 Å². The molecule has 1 atom stereocenters. The van der Waals surface area contributed by atoms with Crippen molar-refractivity contribution in [3.8, 4) is 0 Å². The number of hydrogen-bond acceptors (Lipinski definition) is 4. The van der Waals surface area contributed by atoms with Gasteiger partial charge in [-0.15, -0.1) is 5.10 Å². The Morgan fingerprint density at radius 1 is 1.44 bits per heavy atom. The van der Waals surface area contributed by atoms with Crippen molar-refractivity contribution in [2.24, 2.45) is 11.1 Å². The highest BCUT2D eigenvalue weighted by molar-refractivity contribution is 5.50. The Bertz CT molecular complexity index is 538. The van der Waals surface area contributed by atoms with E-state index in [2.05, 4.69) is 36.2 Å². The third-order valence-corrected chi connectivity index (χ3v) is 3.14. The fraction of sp³-hybridized carbons (Fsp3) is 0.538. The Labute approximate surface area is 107 Å². The lowest BCUT2D eigenvalue weighted by molar-refractivity contribution is 0.344. The number of fused-ring (bicyclic) bond motifs is 1. The molecule has 18 heavy (non-hydrogen) atoms. The second-order valence-electron chi connectivity index (χ2n) is 5.69. The van der Waals surface area contributed by atoms with Crippen molar-refractivity contribution in [2.75, 3.05) is 11.9 Å². The smallest absolute Gasteiger partial charge is 0.243 e. The molecule has 0 amide bonds. The van der Waals surface area contributed by atoms with Crippen LogP contribution in [0.15, 0.2) is 18.3 Å². The molecule has 98 valence electrons. The number of pyridine rings is 1. The summed E-state index contributed by atoms with van der Waals surface area (Å²) in [6.07, 6.45) is 1.90. The van der Waals surface area contributed by atoms with Gasteiger partial charge in [-0.1, -0.05) is 26.8 Å². The van der Waals surface area contributed by atoms with Gasteiger partial charge in [-0.05, 0) is 24.0 Å². The van der Waals surface area contributed by atoms with E-state index < -0.39 is 0 Å². The van der Waals surface area contributed by atoms with E-state index >= 15 is 0 Å². The highest BCUT2D eigenvalue weighted by Gasteiger charge is 2.24. The van der Waals surface area contributed by atoms with Crippen molar-refractivity contribution >= 4 is 11.6 Å². The van der Waals surface area contributed by atoms with Crippen LogP contribution in [0.4, 0.5) is 5.95 Å². The molecule has 0 aliphatic carbocycles. The molecule has 0 aliphatic rings. The topological polar surface area (TPSA) is 68.2 Å². The normalized spacial score (nSPS) is 13.8. The van der Waals surface area contributed by atoms with Crippen molar-refractivity contribution < 1.29 is 0 Å². The lowest BCUT2D eigenvalue weighted by Crippen LogP contribution is -2.40. The average molecular weight is 247 g/mol. The summed E-state index contributed by atoms with van der Waals surface area (Å²) < 4.78 is 1.79. The maximum absolute atomic E-state index is 5.81. The van der Waals surface area contributed by atoms with E-state index in [1.807, 2.05) is 25.3 Å². The molecule has 2 aromatic heterocycles. The molecule has 0 bridgehead atoms. The van der Waals surface area contributed by atoms with Crippen LogP contribution in [0, 0.1) is 12.3 Å². The van der Waals surface area contributed by atoms with Crippen molar-refractivity contribution in [1.29, 1.82) is 0 Å². The van der Waals surface area contributed by atoms with E-state index in [9.17, 15) is 0 Å². The Balaban J connectivity index is 2.29. The van der Waals surface area contributed by atoms with Gasteiger partial charge >= 0.3 is 0 Å². The quantitative estimate of drug-likeness (QED) is 0.868. The molecule has 5 nitrogen and oxygen atoms in total. The van der Waals surface area contributed by atoms with Crippen molar-refractivity contribution in [2.45, 2.75) is 33.7 Å². The van der Waals surface area contributed by atoms with Gasteiger partial charge in [0, 0.05) is 18.8 Å². The third-order valence-electron chi connectivity index (χ3n) is 3.14. The second-order valence-corrected chi connectivity index (χ2v) is 5.69. The van der Waals surface area contributed by atoms with E-state index in [0.29, 0.717) is 12.5 Å². The van der Waals surface area contributed by atoms with Gasteiger partial charge in [0.05, 0.1) is 0 Å². The minimum absolute atomic E-state index is 0.0707. The van der Waals surface area contributed by atoms with Gasteiger partial charge < -0.3 is 11.1 Å². The third kappa shape index (κ3) is 2.46. The summed E-state index contributed by atoms with van der Waals surface area (Å²) in [5.41, 5.74) is 7.87. The molecule has 0 spiro atoms. The molecule has 3 N–H and O–H groups in total. The molecule has 0 aromatic carbocycles. The number of rotatable bonds is 3. The number of nitrogens with one attached hydrogen (secondary N) is 1. The molecular formula is C13H21N5. The number of aryl methyl sites for hydroxylation is 1. The number of hydrogen-bond donors (Lipinski definition) is 2. The van der Waals surface area contributed by atoms with Gasteiger partial charge in [-0.2, -0.15) is 4.98 Å². The standard InChI is InChI=1S/C13H21N5/c1-9-6-5-7-18-11(9)16-12(17-18)15-10(8-14)13(2,3)4/h5-7,10H,8,14H2,1-4H3,(H,15,17). The maximum atomic E-state index is 5.81. The first-order valence-corrected chi connectivity index (χ1v) is 6.20. The van der Waals surface area contributed by atoms with E-state index in [1.165, 1.54) is 0 Å². The van der Waals surface area contributed by atoms with Gasteiger partial charge in [0.25, 0.3) is 0 Å². The summed E-state index contributed by atoms with van der Waals surface area (Å²) in [7, 11) is 0. The van der Waals surface area contributed by atoms with Gasteiger partial charge in [0.2, 0.25) is 5.95 Å². The van der Waals surface area contributed by atoms with Crippen LogP contribution in [-0.2, 0) is 0 Å². The van der Waals surface area contributed by atoms with E-state index in [-0.39, 0.29) is 11.5 Å². The Kier molecular flexibility index (Phi) is 3.26. The fourth-order valence-electron chi connectivity index (χ4n) is 1.89. The van der Waals surface area contributed by atoms with E-state index in [0.717, 1.165) is 11.2 Å². The Morgan fingerprint density at radius 2 is 2.17 bits per heavy atom. The zero-order valence-electron chi connectivity index (χ0n) is 11.4. The molecule has 0 saturated carbocycles. The van der Waals surface area contributed by atoms with Crippen LogP contribution in [-0.4, -0.2) is 27.2 Å². The number of nitrogens with two attached hydrogens (primary N) is 1. The first-order chi connectivity index (χ1) is 8.41. The highest BCUT2D eigenvalue weighted by Crippen LogP contribution is 2.21. The molecule has 0 radical (unpaired) electrons. The SMILES string of the molecule is Cc1cccn2nc(NC(CN)C(C)(C)C)nc12. The summed E-state index contributed by atoms with van der Waals surface area (Å²) in [5, 5.41) is 7.73. The van der Waals surface area contributed by atoms with E-state index in [1.54, 1.807) is 4.52 Å². The second kappa shape index (κ2) is 4.57. The van der Waals surface area contributed by atoms with E-state index in [4.69, 9.17) is 5.73 Å². The predicted molar refractivity (Wildman–Crippen MR) is 73.6 cm³/mol. The van der Waals surface area contributed by atoms with Crippen LogP contribution in [0.3, 0.4) is 0 Å². The summed E-state index contributed by atoms with van der Waals surface area (Å²) in [5.74, 6) is 0.634. The highest BCUT2D eigenvalue weighted by atomic mass is 15.3.